The zero-order chi connectivity index (χ0) is 10.7. The van der Waals surface area contributed by atoms with Crippen LogP contribution in [-0.2, 0) is 13.5 Å². The van der Waals surface area contributed by atoms with E-state index in [0.29, 0.717) is 0 Å². The molecule has 2 unspecified atom stereocenters. The number of aromatic nitrogens is 3. The summed E-state index contributed by atoms with van der Waals surface area (Å²) in [6.45, 7) is 3.36. The van der Waals surface area contributed by atoms with Gasteiger partial charge in [-0.15, -0.1) is 10.2 Å². The van der Waals surface area contributed by atoms with Crippen molar-refractivity contribution in [3.05, 3.63) is 12.2 Å². The Morgan fingerprint density at radius 3 is 3.00 bits per heavy atom. The highest BCUT2D eigenvalue weighted by molar-refractivity contribution is 4.86. The van der Waals surface area contributed by atoms with Crippen molar-refractivity contribution in [2.24, 2.45) is 13.0 Å². The molecule has 0 saturated heterocycles. The molecule has 0 spiro atoms. The molecule has 0 aromatic carbocycles. The average molecular weight is 208 g/mol. The number of rotatable bonds is 4. The lowest BCUT2D eigenvalue weighted by Gasteiger charge is -2.11. The largest absolute Gasteiger partial charge is 0.321 e. The minimum Gasteiger partial charge on any atom is -0.321 e. The van der Waals surface area contributed by atoms with Gasteiger partial charge in [0.1, 0.15) is 12.2 Å². The van der Waals surface area contributed by atoms with Crippen molar-refractivity contribution in [2.75, 3.05) is 6.54 Å². The first-order valence-electron chi connectivity index (χ1n) is 5.82. The van der Waals surface area contributed by atoms with Gasteiger partial charge in [0.25, 0.3) is 0 Å². The molecule has 4 nitrogen and oxygen atoms in total. The lowest BCUT2D eigenvalue weighted by Crippen LogP contribution is -2.28. The van der Waals surface area contributed by atoms with Crippen LogP contribution >= 0.6 is 0 Å². The molecule has 84 valence electrons. The quantitative estimate of drug-likeness (QED) is 0.806. The molecule has 15 heavy (non-hydrogen) atoms. The summed E-state index contributed by atoms with van der Waals surface area (Å²) in [7, 11) is 1.99. The van der Waals surface area contributed by atoms with Crippen molar-refractivity contribution in [3.8, 4) is 0 Å². The molecular formula is C11H20N4. The van der Waals surface area contributed by atoms with Gasteiger partial charge in [-0.2, -0.15) is 0 Å². The van der Waals surface area contributed by atoms with Crippen LogP contribution in [0.25, 0.3) is 0 Å². The minimum absolute atomic E-state index is 0.730. The topological polar surface area (TPSA) is 42.7 Å². The molecule has 1 aromatic heterocycles. The van der Waals surface area contributed by atoms with Crippen LogP contribution in [0.3, 0.4) is 0 Å². The Hall–Kier alpha value is -0.900. The van der Waals surface area contributed by atoms with Gasteiger partial charge >= 0.3 is 0 Å². The first-order valence-corrected chi connectivity index (χ1v) is 5.82. The molecule has 0 amide bonds. The Bertz CT molecular complexity index is 307. The van der Waals surface area contributed by atoms with E-state index in [1.165, 1.54) is 19.3 Å². The number of hydrogen-bond donors (Lipinski definition) is 1. The second-order valence-electron chi connectivity index (χ2n) is 4.68. The van der Waals surface area contributed by atoms with Crippen molar-refractivity contribution in [1.82, 2.24) is 20.1 Å². The van der Waals surface area contributed by atoms with Gasteiger partial charge in [0.15, 0.2) is 0 Å². The molecular weight excluding hydrogens is 188 g/mol. The smallest absolute Gasteiger partial charge is 0.133 e. The zero-order valence-corrected chi connectivity index (χ0v) is 9.61. The van der Waals surface area contributed by atoms with E-state index in [4.69, 9.17) is 0 Å². The Kier molecular flexibility index (Phi) is 3.36. The Labute approximate surface area is 91.1 Å². The molecule has 2 rings (SSSR count). The van der Waals surface area contributed by atoms with Crippen LogP contribution in [0, 0.1) is 5.92 Å². The number of hydrogen-bond acceptors (Lipinski definition) is 3. The first kappa shape index (κ1) is 10.6. The van der Waals surface area contributed by atoms with Gasteiger partial charge in [0.05, 0.1) is 0 Å². The van der Waals surface area contributed by atoms with Gasteiger partial charge in [-0.3, -0.25) is 0 Å². The highest BCUT2D eigenvalue weighted by Gasteiger charge is 2.20. The molecule has 1 aromatic rings. The minimum atomic E-state index is 0.730. The molecule has 1 saturated carbocycles. The molecule has 1 N–H and O–H groups in total. The third-order valence-electron chi connectivity index (χ3n) is 3.28. The first-order chi connectivity index (χ1) is 7.25. The van der Waals surface area contributed by atoms with Crippen LogP contribution in [0.15, 0.2) is 6.33 Å². The number of aryl methyl sites for hydroxylation is 1. The SMILES string of the molecule is CC1CCC(NCCc2nncn2C)C1. The van der Waals surface area contributed by atoms with Crippen LogP contribution in [-0.4, -0.2) is 27.4 Å². The van der Waals surface area contributed by atoms with Gasteiger partial charge in [-0.25, -0.2) is 0 Å². The van der Waals surface area contributed by atoms with E-state index < -0.39 is 0 Å². The molecule has 0 aliphatic heterocycles. The van der Waals surface area contributed by atoms with E-state index in [1.54, 1.807) is 6.33 Å². The summed E-state index contributed by atoms with van der Waals surface area (Å²) in [4.78, 5) is 0. The van der Waals surface area contributed by atoms with E-state index in [0.717, 1.165) is 30.7 Å². The van der Waals surface area contributed by atoms with Crippen LogP contribution in [0.2, 0.25) is 0 Å². The lowest BCUT2D eigenvalue weighted by molar-refractivity contribution is 0.500. The van der Waals surface area contributed by atoms with Gasteiger partial charge in [0.2, 0.25) is 0 Å². The Balaban J connectivity index is 1.69. The van der Waals surface area contributed by atoms with E-state index in [-0.39, 0.29) is 0 Å². The molecule has 0 bridgehead atoms. The van der Waals surface area contributed by atoms with Crippen molar-refractivity contribution in [1.29, 1.82) is 0 Å². The molecule has 0 radical (unpaired) electrons. The van der Waals surface area contributed by atoms with Gasteiger partial charge in [-0.1, -0.05) is 6.92 Å². The summed E-state index contributed by atoms with van der Waals surface area (Å²) in [5, 5.41) is 11.5. The molecule has 1 fully saturated rings. The maximum absolute atomic E-state index is 4.07. The summed E-state index contributed by atoms with van der Waals surface area (Å²) in [5.74, 6) is 1.96. The Morgan fingerprint density at radius 1 is 1.53 bits per heavy atom. The number of nitrogens with one attached hydrogen (secondary N) is 1. The predicted octanol–water partition coefficient (Wildman–Crippen LogP) is 1.14. The zero-order valence-electron chi connectivity index (χ0n) is 9.61. The molecule has 1 heterocycles. The van der Waals surface area contributed by atoms with Crippen LogP contribution in [0.1, 0.15) is 32.0 Å². The predicted molar refractivity (Wildman–Crippen MR) is 59.5 cm³/mol. The second-order valence-corrected chi connectivity index (χ2v) is 4.68. The fourth-order valence-electron chi connectivity index (χ4n) is 2.31. The number of nitrogens with zero attached hydrogens (tertiary/aromatic N) is 3. The fraction of sp³-hybridized carbons (Fsp3) is 0.818. The van der Waals surface area contributed by atoms with Crippen molar-refractivity contribution in [2.45, 2.75) is 38.6 Å². The fourth-order valence-corrected chi connectivity index (χ4v) is 2.31. The van der Waals surface area contributed by atoms with E-state index >= 15 is 0 Å². The third kappa shape index (κ3) is 2.78. The second kappa shape index (κ2) is 4.75. The average Bonchev–Trinajstić information content (AvgIpc) is 2.77. The highest BCUT2D eigenvalue weighted by Crippen LogP contribution is 2.24. The maximum atomic E-state index is 4.07. The summed E-state index contributed by atoms with van der Waals surface area (Å²) >= 11 is 0. The van der Waals surface area contributed by atoms with E-state index in [2.05, 4.69) is 22.4 Å². The molecule has 1 aliphatic rings. The van der Waals surface area contributed by atoms with Crippen molar-refractivity contribution in [3.63, 3.8) is 0 Å². The molecule has 2 atom stereocenters. The van der Waals surface area contributed by atoms with Crippen molar-refractivity contribution < 1.29 is 0 Å². The standard InChI is InChI=1S/C11H20N4/c1-9-3-4-10(7-9)12-6-5-11-14-13-8-15(11)2/h8-10,12H,3-7H2,1-2H3. The van der Waals surface area contributed by atoms with Crippen LogP contribution in [0.5, 0.6) is 0 Å². The summed E-state index contributed by atoms with van der Waals surface area (Å²) in [5.41, 5.74) is 0. The normalized spacial score (nSPS) is 26.0. The van der Waals surface area contributed by atoms with E-state index in [9.17, 15) is 0 Å². The summed E-state index contributed by atoms with van der Waals surface area (Å²) in [6.07, 6.45) is 6.77. The van der Waals surface area contributed by atoms with Crippen molar-refractivity contribution >= 4 is 0 Å². The third-order valence-corrected chi connectivity index (χ3v) is 3.28. The van der Waals surface area contributed by atoms with Gasteiger partial charge in [0, 0.05) is 26.1 Å². The van der Waals surface area contributed by atoms with Crippen LogP contribution < -0.4 is 5.32 Å². The van der Waals surface area contributed by atoms with E-state index in [1.807, 2.05) is 11.6 Å². The monoisotopic (exact) mass is 208 g/mol. The van der Waals surface area contributed by atoms with Crippen LogP contribution in [0.4, 0.5) is 0 Å². The van der Waals surface area contributed by atoms with Gasteiger partial charge < -0.3 is 9.88 Å². The summed E-state index contributed by atoms with van der Waals surface area (Å²) in [6, 6.07) is 0.730. The highest BCUT2D eigenvalue weighted by atomic mass is 15.2. The molecule has 1 aliphatic carbocycles. The Morgan fingerprint density at radius 2 is 2.40 bits per heavy atom. The lowest BCUT2D eigenvalue weighted by atomic mass is 10.1. The van der Waals surface area contributed by atoms with Gasteiger partial charge in [-0.05, 0) is 25.2 Å². The molecule has 4 heteroatoms. The maximum Gasteiger partial charge on any atom is 0.133 e. The summed E-state index contributed by atoms with van der Waals surface area (Å²) < 4.78 is 1.99.